The normalized spacial score (nSPS) is 20.8. The van der Waals surface area contributed by atoms with Gasteiger partial charge in [-0.2, -0.15) is 4.58 Å². The molecule has 0 spiro atoms. The Morgan fingerprint density at radius 1 is 1.29 bits per heavy atom. The largest absolute Gasteiger partial charge is 0.493 e. The summed E-state index contributed by atoms with van der Waals surface area (Å²) in [6.07, 6.45) is 15.6. The number of carbonyl (C=O) groups excluding carboxylic acids is 2. The molecule has 2 amide bonds. The average molecular weight is 494 g/mol. The molecule has 1 heterocycles. The number of likely N-dealkylation sites (N-methyl/N-ethyl adjacent to an activating group) is 1. The third-order valence-electron chi connectivity index (χ3n) is 6.37. The summed E-state index contributed by atoms with van der Waals surface area (Å²) >= 11 is 1.49. The number of benzene rings is 1. The number of nitrogens with one attached hydrogen (secondary N) is 1. The highest BCUT2D eigenvalue weighted by Crippen LogP contribution is 2.35. The molecule has 0 fully saturated rings. The Kier molecular flexibility index (Phi) is 8.29. The molecule has 35 heavy (non-hydrogen) atoms. The maximum Gasteiger partial charge on any atom is 0.425 e. The van der Waals surface area contributed by atoms with Gasteiger partial charge in [-0.1, -0.05) is 41.6 Å². The molecule has 184 valence electrons. The van der Waals surface area contributed by atoms with Crippen LogP contribution in [0.3, 0.4) is 0 Å². The topological polar surface area (TPSA) is 67.6 Å². The number of amides is 2. The second-order valence-corrected chi connectivity index (χ2v) is 9.94. The lowest BCUT2D eigenvalue weighted by molar-refractivity contribution is -0.413. The molecule has 0 bridgehead atoms. The molecule has 1 N–H and O–H groups in total. The maximum absolute atomic E-state index is 13.1. The molecule has 7 heteroatoms. The standard InChI is InChI=1S/C28H32N2O4S/c1-4-34-23-12-10-20(16-24(23)33-3)17-26-28(32)30(2)22-18-21(11-13-25(22)35-26)27(31)29-15-14-19-8-6-5-7-9-19/h8,10-13,16-18,25H,4-7,9,14-15H2,1-3H3/p+1/b26-17+. The van der Waals surface area contributed by atoms with Gasteiger partial charge in [0, 0.05) is 18.2 Å². The zero-order chi connectivity index (χ0) is 24.8. The van der Waals surface area contributed by atoms with Crippen LogP contribution in [0.25, 0.3) is 6.08 Å². The smallest absolute Gasteiger partial charge is 0.425 e. The average Bonchev–Trinajstić information content (AvgIpc) is 2.88. The Morgan fingerprint density at radius 3 is 2.89 bits per heavy atom. The summed E-state index contributed by atoms with van der Waals surface area (Å²) in [5.41, 5.74) is 3.71. The highest BCUT2D eigenvalue weighted by Gasteiger charge is 2.38. The number of fused-ring (bicyclic) bond motifs is 1. The van der Waals surface area contributed by atoms with Crippen LogP contribution in [0, 0.1) is 0 Å². The van der Waals surface area contributed by atoms with Crippen LogP contribution in [0.5, 0.6) is 11.5 Å². The third kappa shape index (κ3) is 5.96. The number of carbonyl (C=O) groups is 2. The van der Waals surface area contributed by atoms with E-state index in [1.807, 2.05) is 49.4 Å². The van der Waals surface area contributed by atoms with Crippen molar-refractivity contribution in [3.8, 4) is 11.5 Å². The Balaban J connectivity index is 1.47. The minimum atomic E-state index is -0.0997. The van der Waals surface area contributed by atoms with Crippen LogP contribution in [0.1, 0.15) is 44.6 Å². The summed E-state index contributed by atoms with van der Waals surface area (Å²) < 4.78 is 12.7. The van der Waals surface area contributed by atoms with E-state index < -0.39 is 0 Å². The second-order valence-electron chi connectivity index (χ2n) is 8.75. The van der Waals surface area contributed by atoms with Crippen molar-refractivity contribution in [1.29, 1.82) is 0 Å². The van der Waals surface area contributed by atoms with Crippen molar-refractivity contribution in [3.05, 3.63) is 64.1 Å². The predicted octanol–water partition coefficient (Wildman–Crippen LogP) is 4.66. The van der Waals surface area contributed by atoms with Crippen LogP contribution >= 0.6 is 11.8 Å². The Morgan fingerprint density at radius 2 is 2.14 bits per heavy atom. The second kappa shape index (κ2) is 11.6. The zero-order valence-electron chi connectivity index (χ0n) is 20.6. The van der Waals surface area contributed by atoms with E-state index in [1.165, 1.54) is 30.2 Å². The molecule has 6 nitrogen and oxygen atoms in total. The van der Waals surface area contributed by atoms with Crippen LogP contribution in [-0.4, -0.2) is 54.7 Å². The van der Waals surface area contributed by atoms with Crippen LogP contribution in [0.2, 0.25) is 0 Å². The summed E-state index contributed by atoms with van der Waals surface area (Å²) in [4.78, 5) is 26.5. The number of methoxy groups -OCH3 is 1. The molecule has 4 rings (SSSR count). The van der Waals surface area contributed by atoms with Gasteiger partial charge in [0.05, 0.1) is 13.7 Å². The SMILES string of the molecule is CCOc1ccc(/C=C2/SC3C=CC(C(=O)NCCC4=CCCCC4)=CC3=[N+](C)C2=O)cc1OC. The first-order valence-electron chi connectivity index (χ1n) is 12.2. The molecule has 1 aromatic carbocycles. The molecule has 0 saturated heterocycles. The fourth-order valence-electron chi connectivity index (χ4n) is 4.44. The quantitative estimate of drug-likeness (QED) is 0.324. The van der Waals surface area contributed by atoms with Crippen LogP contribution < -0.4 is 14.8 Å². The summed E-state index contributed by atoms with van der Waals surface area (Å²) in [6.45, 7) is 3.11. The fourth-order valence-corrected chi connectivity index (χ4v) is 5.66. The van der Waals surface area contributed by atoms with Crippen molar-refractivity contribution in [3.63, 3.8) is 0 Å². The van der Waals surface area contributed by atoms with Crippen molar-refractivity contribution < 1.29 is 23.6 Å². The number of ether oxygens (including phenoxy) is 2. The molecular formula is C28H33N2O4S+. The van der Waals surface area contributed by atoms with Crippen molar-refractivity contribution in [2.24, 2.45) is 0 Å². The van der Waals surface area contributed by atoms with Crippen LogP contribution in [0.15, 0.2) is 58.6 Å². The molecule has 1 aliphatic heterocycles. The van der Waals surface area contributed by atoms with Gasteiger partial charge in [0.1, 0.15) is 17.2 Å². The molecule has 0 radical (unpaired) electrons. The molecule has 3 aliphatic rings. The highest BCUT2D eigenvalue weighted by molar-refractivity contribution is 8.05. The number of hydrogen-bond acceptors (Lipinski definition) is 5. The van der Waals surface area contributed by atoms with Gasteiger partial charge < -0.3 is 14.8 Å². The first-order chi connectivity index (χ1) is 17.0. The lowest BCUT2D eigenvalue weighted by Gasteiger charge is -2.21. The summed E-state index contributed by atoms with van der Waals surface area (Å²) in [5, 5.41) is 3.00. The van der Waals surface area contributed by atoms with Crippen molar-refractivity contribution >= 4 is 35.4 Å². The van der Waals surface area contributed by atoms with Crippen LogP contribution in [-0.2, 0) is 9.59 Å². The first-order valence-corrected chi connectivity index (χ1v) is 13.1. The number of hydrogen-bond donors (Lipinski definition) is 1. The van der Waals surface area contributed by atoms with E-state index in [2.05, 4.69) is 11.4 Å². The molecule has 0 aromatic heterocycles. The highest BCUT2D eigenvalue weighted by atomic mass is 32.2. The number of allylic oxidation sites excluding steroid dienone is 2. The van der Waals surface area contributed by atoms with Crippen LogP contribution in [0.4, 0.5) is 0 Å². The lowest BCUT2D eigenvalue weighted by Crippen LogP contribution is -2.37. The minimum absolute atomic E-state index is 0.0301. The summed E-state index contributed by atoms with van der Waals surface area (Å²) in [5.74, 6) is 1.11. The molecular weight excluding hydrogens is 460 g/mol. The van der Waals surface area contributed by atoms with E-state index in [9.17, 15) is 9.59 Å². The Bertz CT molecular complexity index is 1160. The maximum atomic E-state index is 13.1. The van der Waals surface area contributed by atoms with E-state index in [0.29, 0.717) is 35.1 Å². The van der Waals surface area contributed by atoms with E-state index in [-0.39, 0.29) is 17.1 Å². The molecule has 1 unspecified atom stereocenters. The van der Waals surface area contributed by atoms with E-state index >= 15 is 0 Å². The molecule has 2 aliphatic carbocycles. The minimum Gasteiger partial charge on any atom is -0.493 e. The predicted molar refractivity (Wildman–Crippen MR) is 141 cm³/mol. The third-order valence-corrected chi connectivity index (χ3v) is 7.57. The first kappa shape index (κ1) is 25.0. The van der Waals surface area contributed by atoms with Gasteiger partial charge in [-0.25, -0.2) is 4.79 Å². The Labute approximate surface area is 211 Å². The van der Waals surface area contributed by atoms with Crippen molar-refractivity contribution in [1.82, 2.24) is 5.32 Å². The van der Waals surface area contributed by atoms with E-state index in [0.717, 1.165) is 30.5 Å². The van der Waals surface area contributed by atoms with Gasteiger partial charge in [-0.15, -0.1) is 0 Å². The van der Waals surface area contributed by atoms with Gasteiger partial charge in [0.25, 0.3) is 5.91 Å². The fraction of sp³-hybridized carbons (Fsp3) is 0.393. The number of nitrogens with zero attached hydrogens (tertiary/aromatic N) is 1. The van der Waals surface area contributed by atoms with Gasteiger partial charge in [0.15, 0.2) is 11.5 Å². The zero-order valence-corrected chi connectivity index (χ0v) is 21.5. The number of thioether (sulfide) groups is 1. The number of rotatable bonds is 8. The van der Waals surface area contributed by atoms with Gasteiger partial charge >= 0.3 is 5.91 Å². The van der Waals surface area contributed by atoms with Gasteiger partial charge in [0.2, 0.25) is 5.71 Å². The molecule has 1 atom stereocenters. The van der Waals surface area contributed by atoms with Crippen molar-refractivity contribution in [2.75, 3.05) is 27.3 Å². The van der Waals surface area contributed by atoms with Crippen molar-refractivity contribution in [2.45, 2.75) is 44.3 Å². The molecule has 0 saturated carbocycles. The van der Waals surface area contributed by atoms with E-state index in [4.69, 9.17) is 9.47 Å². The monoisotopic (exact) mass is 493 g/mol. The summed E-state index contributed by atoms with van der Waals surface area (Å²) in [6, 6.07) is 5.64. The van der Waals surface area contributed by atoms with E-state index in [1.54, 1.807) is 18.7 Å². The Hall–Kier alpha value is -3.06. The molecule has 1 aromatic rings. The van der Waals surface area contributed by atoms with Gasteiger partial charge in [-0.3, -0.25) is 4.79 Å². The lowest BCUT2D eigenvalue weighted by atomic mass is 9.97. The van der Waals surface area contributed by atoms with Gasteiger partial charge in [-0.05, 0) is 62.8 Å². The summed E-state index contributed by atoms with van der Waals surface area (Å²) in [7, 11) is 3.36.